The van der Waals surface area contributed by atoms with Gasteiger partial charge in [-0.15, -0.1) is 0 Å². The van der Waals surface area contributed by atoms with Crippen molar-refractivity contribution in [3.05, 3.63) is 41.2 Å². The molecular weight excluding hydrogens is 284 g/mol. The molecule has 0 radical (unpaired) electrons. The lowest BCUT2D eigenvalue weighted by Crippen LogP contribution is -2.25. The second-order valence-electron chi connectivity index (χ2n) is 5.40. The van der Waals surface area contributed by atoms with Gasteiger partial charge in [-0.2, -0.15) is 0 Å². The molecule has 1 atom stereocenters. The monoisotopic (exact) mass is 306 g/mol. The molecule has 1 N–H and O–H groups in total. The van der Waals surface area contributed by atoms with E-state index in [-0.39, 0.29) is 0 Å². The van der Waals surface area contributed by atoms with Crippen molar-refractivity contribution >= 4 is 11.6 Å². The quantitative estimate of drug-likeness (QED) is 0.693. The SMILES string of the molecule is CCCCCC(C)NCc1coc(-c2ccccc2Cl)n1. The van der Waals surface area contributed by atoms with Crippen LogP contribution in [0, 0.1) is 0 Å². The van der Waals surface area contributed by atoms with Crippen LogP contribution in [0.15, 0.2) is 34.9 Å². The molecule has 0 aliphatic rings. The minimum Gasteiger partial charge on any atom is -0.444 e. The van der Waals surface area contributed by atoms with Crippen molar-refractivity contribution < 1.29 is 4.42 Å². The van der Waals surface area contributed by atoms with Gasteiger partial charge in [-0.1, -0.05) is 49.9 Å². The molecule has 0 spiro atoms. The molecule has 4 heteroatoms. The van der Waals surface area contributed by atoms with Crippen LogP contribution >= 0.6 is 11.6 Å². The zero-order chi connectivity index (χ0) is 15.1. The normalized spacial score (nSPS) is 12.5. The number of aromatic nitrogens is 1. The number of hydrogen-bond acceptors (Lipinski definition) is 3. The first-order valence-electron chi connectivity index (χ1n) is 7.63. The first-order valence-corrected chi connectivity index (χ1v) is 8.01. The Bertz CT molecular complexity index is 553. The smallest absolute Gasteiger partial charge is 0.227 e. The third-order valence-electron chi connectivity index (χ3n) is 3.53. The van der Waals surface area contributed by atoms with Gasteiger partial charge in [-0.3, -0.25) is 0 Å². The van der Waals surface area contributed by atoms with Gasteiger partial charge in [0, 0.05) is 12.6 Å². The van der Waals surface area contributed by atoms with Crippen LogP contribution in [0.5, 0.6) is 0 Å². The van der Waals surface area contributed by atoms with E-state index < -0.39 is 0 Å². The van der Waals surface area contributed by atoms with E-state index in [0.717, 1.165) is 17.8 Å². The van der Waals surface area contributed by atoms with Crippen molar-refractivity contribution in [3.8, 4) is 11.5 Å². The largest absolute Gasteiger partial charge is 0.444 e. The molecule has 114 valence electrons. The summed E-state index contributed by atoms with van der Waals surface area (Å²) in [7, 11) is 0. The van der Waals surface area contributed by atoms with E-state index in [1.807, 2.05) is 24.3 Å². The molecule has 0 bridgehead atoms. The molecule has 21 heavy (non-hydrogen) atoms. The minimum absolute atomic E-state index is 0.497. The van der Waals surface area contributed by atoms with Gasteiger partial charge in [0.15, 0.2) is 0 Å². The lowest BCUT2D eigenvalue weighted by Gasteiger charge is -2.11. The molecule has 1 aromatic carbocycles. The summed E-state index contributed by atoms with van der Waals surface area (Å²) in [5, 5.41) is 4.14. The van der Waals surface area contributed by atoms with Crippen LogP contribution in [0.4, 0.5) is 0 Å². The van der Waals surface area contributed by atoms with Crippen LogP contribution < -0.4 is 5.32 Å². The highest BCUT2D eigenvalue weighted by atomic mass is 35.5. The van der Waals surface area contributed by atoms with Crippen molar-refractivity contribution in [2.75, 3.05) is 0 Å². The minimum atomic E-state index is 0.497. The van der Waals surface area contributed by atoms with Crippen LogP contribution in [-0.2, 0) is 6.54 Å². The molecule has 1 aromatic heterocycles. The molecule has 0 fully saturated rings. The Morgan fingerprint density at radius 2 is 2.10 bits per heavy atom. The second kappa shape index (κ2) is 8.20. The number of oxazole rings is 1. The van der Waals surface area contributed by atoms with Gasteiger partial charge in [0.1, 0.15) is 6.26 Å². The summed E-state index contributed by atoms with van der Waals surface area (Å²) in [5.74, 6) is 0.580. The Morgan fingerprint density at radius 3 is 2.86 bits per heavy atom. The maximum absolute atomic E-state index is 6.15. The molecule has 0 saturated carbocycles. The van der Waals surface area contributed by atoms with Crippen molar-refractivity contribution in [3.63, 3.8) is 0 Å². The molecule has 2 aromatic rings. The fourth-order valence-electron chi connectivity index (χ4n) is 2.23. The Balaban J connectivity index is 1.88. The Kier molecular flexibility index (Phi) is 6.27. The fraction of sp³-hybridized carbons (Fsp3) is 0.471. The Hall–Kier alpha value is -1.32. The summed E-state index contributed by atoms with van der Waals surface area (Å²) in [6, 6.07) is 8.08. The zero-order valence-electron chi connectivity index (χ0n) is 12.7. The average molecular weight is 307 g/mol. The molecule has 3 nitrogen and oxygen atoms in total. The van der Waals surface area contributed by atoms with Gasteiger partial charge < -0.3 is 9.73 Å². The van der Waals surface area contributed by atoms with E-state index in [1.54, 1.807) is 6.26 Å². The van der Waals surface area contributed by atoms with E-state index in [9.17, 15) is 0 Å². The number of nitrogens with zero attached hydrogens (tertiary/aromatic N) is 1. The van der Waals surface area contributed by atoms with Crippen LogP contribution in [0.25, 0.3) is 11.5 Å². The lowest BCUT2D eigenvalue weighted by atomic mass is 10.1. The summed E-state index contributed by atoms with van der Waals surface area (Å²) in [6.07, 6.45) is 6.73. The van der Waals surface area contributed by atoms with Gasteiger partial charge in [0.2, 0.25) is 5.89 Å². The highest BCUT2D eigenvalue weighted by Gasteiger charge is 2.10. The molecule has 0 saturated heterocycles. The third kappa shape index (κ3) is 4.87. The average Bonchev–Trinajstić information content (AvgIpc) is 2.94. The maximum atomic E-state index is 6.15. The topological polar surface area (TPSA) is 38.1 Å². The van der Waals surface area contributed by atoms with E-state index in [2.05, 4.69) is 24.1 Å². The standard InChI is InChI=1S/C17H23ClN2O/c1-3-4-5-8-13(2)19-11-14-12-21-17(20-14)15-9-6-7-10-16(15)18/h6-7,9-10,12-13,19H,3-5,8,11H2,1-2H3. The first-order chi connectivity index (χ1) is 10.2. The molecule has 0 aliphatic heterocycles. The number of nitrogens with one attached hydrogen (secondary N) is 1. The van der Waals surface area contributed by atoms with Crippen molar-refractivity contribution in [2.24, 2.45) is 0 Å². The third-order valence-corrected chi connectivity index (χ3v) is 3.86. The van der Waals surface area contributed by atoms with Gasteiger partial charge in [0.25, 0.3) is 0 Å². The lowest BCUT2D eigenvalue weighted by molar-refractivity contribution is 0.483. The van der Waals surface area contributed by atoms with Crippen LogP contribution in [0.1, 0.15) is 45.2 Å². The highest BCUT2D eigenvalue weighted by molar-refractivity contribution is 6.33. The summed E-state index contributed by atoms with van der Waals surface area (Å²) in [4.78, 5) is 4.50. The van der Waals surface area contributed by atoms with Crippen LogP contribution in [0.2, 0.25) is 5.02 Å². The Labute approximate surface area is 131 Å². The summed E-state index contributed by atoms with van der Waals surface area (Å²) < 4.78 is 5.53. The summed E-state index contributed by atoms with van der Waals surface area (Å²) in [5.41, 5.74) is 1.74. The summed E-state index contributed by atoms with van der Waals surface area (Å²) in [6.45, 7) is 5.16. The second-order valence-corrected chi connectivity index (χ2v) is 5.81. The van der Waals surface area contributed by atoms with E-state index in [4.69, 9.17) is 16.0 Å². The predicted molar refractivity (Wildman–Crippen MR) is 87.4 cm³/mol. The fourth-order valence-corrected chi connectivity index (χ4v) is 2.44. The molecule has 0 aliphatic carbocycles. The Morgan fingerprint density at radius 1 is 1.29 bits per heavy atom. The van der Waals surface area contributed by atoms with Crippen LogP contribution in [-0.4, -0.2) is 11.0 Å². The molecule has 1 heterocycles. The molecular formula is C17H23ClN2O. The number of hydrogen-bond donors (Lipinski definition) is 1. The van der Waals surface area contributed by atoms with E-state index >= 15 is 0 Å². The molecule has 0 amide bonds. The van der Waals surface area contributed by atoms with Gasteiger partial charge >= 0.3 is 0 Å². The highest BCUT2D eigenvalue weighted by Crippen LogP contribution is 2.26. The van der Waals surface area contributed by atoms with Crippen molar-refractivity contribution in [1.82, 2.24) is 10.3 Å². The van der Waals surface area contributed by atoms with E-state index in [0.29, 0.717) is 17.0 Å². The van der Waals surface area contributed by atoms with Gasteiger partial charge in [-0.25, -0.2) is 4.98 Å². The van der Waals surface area contributed by atoms with Crippen LogP contribution in [0.3, 0.4) is 0 Å². The number of rotatable bonds is 8. The number of benzene rings is 1. The van der Waals surface area contributed by atoms with Gasteiger partial charge in [-0.05, 0) is 25.5 Å². The number of halogens is 1. The predicted octanol–water partition coefficient (Wildman–Crippen LogP) is 5.05. The zero-order valence-corrected chi connectivity index (χ0v) is 13.5. The van der Waals surface area contributed by atoms with Gasteiger partial charge in [0.05, 0.1) is 16.3 Å². The number of unbranched alkanes of at least 4 members (excludes halogenated alkanes) is 2. The molecule has 1 unspecified atom stereocenters. The van der Waals surface area contributed by atoms with Crippen molar-refractivity contribution in [2.45, 2.75) is 52.1 Å². The maximum Gasteiger partial charge on any atom is 0.227 e. The van der Waals surface area contributed by atoms with E-state index in [1.165, 1.54) is 25.7 Å². The summed E-state index contributed by atoms with van der Waals surface area (Å²) >= 11 is 6.15. The first kappa shape index (κ1) is 16.1. The molecule has 2 rings (SSSR count). The van der Waals surface area contributed by atoms with Crippen molar-refractivity contribution in [1.29, 1.82) is 0 Å².